The molecule has 1 aliphatic heterocycles. The van der Waals surface area contributed by atoms with E-state index in [1.54, 1.807) is 0 Å². The van der Waals surface area contributed by atoms with E-state index in [0.717, 1.165) is 12.1 Å². The van der Waals surface area contributed by atoms with Crippen LogP contribution in [0.15, 0.2) is 47.5 Å². The van der Waals surface area contributed by atoms with Gasteiger partial charge in [-0.3, -0.25) is 14.6 Å². The predicted octanol–water partition coefficient (Wildman–Crippen LogP) is 2.64. The van der Waals surface area contributed by atoms with Crippen LogP contribution in [-0.2, 0) is 21.0 Å². The zero-order chi connectivity index (χ0) is 23.5. The zero-order valence-corrected chi connectivity index (χ0v) is 17.8. The van der Waals surface area contributed by atoms with Gasteiger partial charge in [-0.2, -0.15) is 17.5 Å². The Kier molecular flexibility index (Phi) is 6.84. The number of alkyl halides is 3. The number of carbonyl (C=O) groups is 2. The Labute approximate surface area is 182 Å². The van der Waals surface area contributed by atoms with Gasteiger partial charge in [0.1, 0.15) is 5.69 Å². The molecule has 0 atom stereocenters. The number of sulfonamides is 1. The Balaban J connectivity index is 1.57. The first kappa shape index (κ1) is 23.7. The van der Waals surface area contributed by atoms with E-state index < -0.39 is 27.7 Å². The highest BCUT2D eigenvalue weighted by molar-refractivity contribution is 7.89. The van der Waals surface area contributed by atoms with Crippen molar-refractivity contribution in [2.75, 3.05) is 18.4 Å². The van der Waals surface area contributed by atoms with Gasteiger partial charge in [-0.15, -0.1) is 0 Å². The highest BCUT2D eigenvalue weighted by atomic mass is 32.2. The van der Waals surface area contributed by atoms with Gasteiger partial charge in [0.05, 0.1) is 10.5 Å². The fourth-order valence-corrected chi connectivity index (χ4v) is 4.73. The van der Waals surface area contributed by atoms with E-state index in [4.69, 9.17) is 0 Å². The van der Waals surface area contributed by atoms with Crippen molar-refractivity contribution in [3.63, 3.8) is 0 Å². The summed E-state index contributed by atoms with van der Waals surface area (Å²) in [6.45, 7) is 1.68. The molecule has 0 saturated carbocycles. The number of benzene rings is 1. The van der Waals surface area contributed by atoms with Gasteiger partial charge in [0, 0.05) is 37.9 Å². The minimum Gasteiger partial charge on any atom is -0.348 e. The van der Waals surface area contributed by atoms with E-state index in [-0.39, 0.29) is 35.6 Å². The van der Waals surface area contributed by atoms with Crippen LogP contribution >= 0.6 is 0 Å². The molecule has 1 aromatic heterocycles. The molecule has 1 aromatic carbocycles. The highest BCUT2D eigenvalue weighted by Crippen LogP contribution is 2.28. The van der Waals surface area contributed by atoms with Crippen LogP contribution < -0.4 is 10.6 Å². The second kappa shape index (κ2) is 9.25. The second-order valence-electron chi connectivity index (χ2n) is 7.29. The van der Waals surface area contributed by atoms with Crippen LogP contribution in [0.25, 0.3) is 0 Å². The van der Waals surface area contributed by atoms with Gasteiger partial charge in [-0.1, -0.05) is 0 Å². The van der Waals surface area contributed by atoms with Crippen molar-refractivity contribution in [2.45, 2.75) is 36.9 Å². The van der Waals surface area contributed by atoms with E-state index in [9.17, 15) is 31.2 Å². The topological polar surface area (TPSA) is 108 Å². The lowest BCUT2D eigenvalue weighted by Gasteiger charge is -2.31. The van der Waals surface area contributed by atoms with Gasteiger partial charge in [-0.05, 0) is 49.2 Å². The fourth-order valence-electron chi connectivity index (χ4n) is 3.26. The molecule has 2 amide bonds. The molecular formula is C20H21F3N4O4S. The third-order valence-corrected chi connectivity index (χ3v) is 6.84. The normalized spacial score (nSPS) is 15.9. The molecule has 0 bridgehead atoms. The number of carbonyl (C=O) groups excluding carboxylic acids is 2. The predicted molar refractivity (Wildman–Crippen MR) is 109 cm³/mol. The molecule has 1 aliphatic rings. The molecule has 0 spiro atoms. The number of hydrogen-bond donors (Lipinski definition) is 2. The summed E-state index contributed by atoms with van der Waals surface area (Å²) in [6, 6.07) is 7.27. The van der Waals surface area contributed by atoms with Crippen molar-refractivity contribution in [2.24, 2.45) is 0 Å². The molecule has 2 aromatic rings. The van der Waals surface area contributed by atoms with Gasteiger partial charge in [0.2, 0.25) is 15.9 Å². The lowest BCUT2D eigenvalue weighted by Crippen LogP contribution is -2.46. The van der Waals surface area contributed by atoms with E-state index in [1.165, 1.54) is 35.5 Å². The summed E-state index contributed by atoms with van der Waals surface area (Å²) in [6.07, 6.45) is -3.25. The van der Waals surface area contributed by atoms with Crippen molar-refractivity contribution in [3.8, 4) is 0 Å². The molecule has 172 valence electrons. The number of hydrogen-bond acceptors (Lipinski definition) is 5. The van der Waals surface area contributed by atoms with Crippen LogP contribution in [0.2, 0.25) is 0 Å². The lowest BCUT2D eigenvalue weighted by molar-refractivity contribution is -0.137. The van der Waals surface area contributed by atoms with Gasteiger partial charge in [0.15, 0.2) is 0 Å². The van der Waals surface area contributed by atoms with E-state index in [2.05, 4.69) is 15.6 Å². The summed E-state index contributed by atoms with van der Waals surface area (Å²) in [4.78, 5) is 27.0. The van der Waals surface area contributed by atoms with E-state index in [0.29, 0.717) is 24.7 Å². The third-order valence-electron chi connectivity index (χ3n) is 4.93. The minimum atomic E-state index is -4.54. The van der Waals surface area contributed by atoms with Crippen molar-refractivity contribution in [1.29, 1.82) is 0 Å². The number of halogens is 3. The van der Waals surface area contributed by atoms with Gasteiger partial charge in [-0.25, -0.2) is 8.42 Å². The number of piperidine rings is 1. The molecule has 12 heteroatoms. The van der Waals surface area contributed by atoms with Crippen LogP contribution in [0, 0.1) is 0 Å². The van der Waals surface area contributed by atoms with Crippen molar-refractivity contribution in [3.05, 3.63) is 53.9 Å². The molecule has 1 saturated heterocycles. The Bertz CT molecular complexity index is 1080. The summed E-state index contributed by atoms with van der Waals surface area (Å²) in [5.74, 6) is -0.884. The average Bonchev–Trinajstić information content (AvgIpc) is 2.73. The molecule has 2 heterocycles. The smallest absolute Gasteiger partial charge is 0.348 e. The van der Waals surface area contributed by atoms with Crippen LogP contribution in [-0.4, -0.2) is 48.7 Å². The molecule has 0 unspecified atom stereocenters. The quantitative estimate of drug-likeness (QED) is 0.699. The van der Waals surface area contributed by atoms with Gasteiger partial charge < -0.3 is 10.6 Å². The summed E-state index contributed by atoms with van der Waals surface area (Å²) in [7, 11) is -3.74. The number of anilines is 1. The Morgan fingerprint density at radius 3 is 2.19 bits per heavy atom. The molecule has 3 rings (SSSR count). The molecule has 8 nitrogen and oxygen atoms in total. The Hall–Kier alpha value is -2.99. The second-order valence-corrected chi connectivity index (χ2v) is 9.23. The van der Waals surface area contributed by atoms with Gasteiger partial charge in [0.25, 0.3) is 5.91 Å². The Morgan fingerprint density at radius 1 is 1.06 bits per heavy atom. The van der Waals surface area contributed by atoms with Crippen LogP contribution in [0.4, 0.5) is 18.9 Å². The minimum absolute atomic E-state index is 0.0862. The lowest BCUT2D eigenvalue weighted by atomic mass is 10.1. The van der Waals surface area contributed by atoms with E-state index >= 15 is 0 Å². The van der Waals surface area contributed by atoms with Crippen molar-refractivity contribution >= 4 is 27.5 Å². The number of rotatable bonds is 5. The molecule has 32 heavy (non-hydrogen) atoms. The molecular weight excluding hydrogens is 449 g/mol. The van der Waals surface area contributed by atoms with Crippen molar-refractivity contribution in [1.82, 2.24) is 14.6 Å². The monoisotopic (exact) mass is 470 g/mol. The number of amides is 2. The van der Waals surface area contributed by atoms with Crippen LogP contribution in [0.1, 0.15) is 35.8 Å². The number of nitrogens with zero attached hydrogens (tertiary/aromatic N) is 2. The number of nitrogens with one attached hydrogen (secondary N) is 2. The fraction of sp³-hybridized carbons (Fsp3) is 0.350. The largest absolute Gasteiger partial charge is 0.417 e. The number of pyridine rings is 1. The molecule has 2 N–H and O–H groups in total. The van der Waals surface area contributed by atoms with Crippen LogP contribution in [0.3, 0.4) is 0 Å². The van der Waals surface area contributed by atoms with Crippen LogP contribution in [0.5, 0.6) is 0 Å². The third kappa shape index (κ3) is 5.62. The summed E-state index contributed by atoms with van der Waals surface area (Å²) in [5.41, 5.74) is -0.611. The summed E-state index contributed by atoms with van der Waals surface area (Å²) >= 11 is 0. The zero-order valence-electron chi connectivity index (χ0n) is 17.0. The average molecular weight is 470 g/mol. The maximum absolute atomic E-state index is 12.8. The first-order valence-electron chi connectivity index (χ1n) is 9.69. The van der Waals surface area contributed by atoms with Gasteiger partial charge >= 0.3 is 6.18 Å². The highest BCUT2D eigenvalue weighted by Gasteiger charge is 2.32. The molecule has 0 aliphatic carbocycles. The summed E-state index contributed by atoms with van der Waals surface area (Å²) < 4.78 is 64.8. The van der Waals surface area contributed by atoms with E-state index in [1.807, 2.05) is 0 Å². The first-order chi connectivity index (χ1) is 15.0. The molecule has 0 radical (unpaired) electrons. The number of aromatic nitrogens is 1. The standard InChI is InChI=1S/C20H21F3N4O4S/c1-13(28)25-15-3-5-17(6-4-15)32(30,31)27-10-8-16(9-11-27)26-19(29)18-7-2-14(12-24-18)20(21,22)23/h2-7,12,16H,8-11H2,1H3,(H,25,28)(H,26,29). The summed E-state index contributed by atoms with van der Waals surface area (Å²) in [5, 5.41) is 5.25. The first-order valence-corrected chi connectivity index (χ1v) is 11.1. The SMILES string of the molecule is CC(=O)Nc1ccc(S(=O)(=O)N2CCC(NC(=O)c3ccc(C(F)(F)F)cn3)CC2)cc1. The molecule has 1 fully saturated rings. The maximum Gasteiger partial charge on any atom is 0.417 e. The Morgan fingerprint density at radius 2 is 1.69 bits per heavy atom. The maximum atomic E-state index is 12.8. The van der Waals surface area contributed by atoms with Crippen molar-refractivity contribution < 1.29 is 31.2 Å².